The summed E-state index contributed by atoms with van der Waals surface area (Å²) in [6.07, 6.45) is 8.84. The van der Waals surface area contributed by atoms with Crippen LogP contribution in [0.5, 0.6) is 0 Å². The van der Waals surface area contributed by atoms with Gasteiger partial charge in [-0.25, -0.2) is 9.07 Å². The molecule has 3 aromatic rings. The van der Waals surface area contributed by atoms with Crippen molar-refractivity contribution in [2.75, 3.05) is 7.05 Å². The number of hydrogen-bond acceptors (Lipinski definition) is 5. The summed E-state index contributed by atoms with van der Waals surface area (Å²) in [5.74, 6) is -0.143. The van der Waals surface area contributed by atoms with E-state index >= 15 is 0 Å². The Bertz CT molecular complexity index is 1200. The number of aromatic nitrogens is 2. The number of thiocarbonyl (C=S) groups is 1. The maximum Gasteiger partial charge on any atom is 0.284 e. The van der Waals surface area contributed by atoms with E-state index in [0.717, 1.165) is 35.2 Å². The number of carbonyl (C=O) groups excluding carboxylic acids is 2. The number of halogens is 1. The summed E-state index contributed by atoms with van der Waals surface area (Å²) in [4.78, 5) is 20.7. The zero-order valence-electron chi connectivity index (χ0n) is 19.0. The number of aldehydes is 1. The van der Waals surface area contributed by atoms with Crippen molar-refractivity contribution < 1.29 is 14.0 Å². The standard InChI is InChI=1S/C16H18FN3.C10H9NO2S/c1-18-16(4-5-16)13-6-14(17)8-15(7-13)20-10-12(9-19-20)11-2-3-11;12-6-10(13)11-5-8-3-1-2-4-9(8)7-14/h6-11,18H,2-5H2,1H3;1-4,6-7H,5H2,(H,11,13). The third kappa shape index (κ3) is 5.63. The van der Waals surface area contributed by atoms with Gasteiger partial charge in [-0.05, 0) is 79.1 Å². The number of nitrogens with one attached hydrogen (secondary N) is 2. The highest BCUT2D eigenvalue weighted by atomic mass is 32.1. The topological polar surface area (TPSA) is 76.0 Å². The fourth-order valence-electron chi connectivity index (χ4n) is 3.93. The number of benzene rings is 2. The van der Waals surface area contributed by atoms with Gasteiger partial charge in [-0.15, -0.1) is 0 Å². The summed E-state index contributed by atoms with van der Waals surface area (Å²) in [5.41, 5.74) is 4.87. The summed E-state index contributed by atoms with van der Waals surface area (Å²) >= 11 is 4.81. The van der Waals surface area contributed by atoms with Crippen LogP contribution in [0.15, 0.2) is 54.9 Å². The highest BCUT2D eigenvalue weighted by Crippen LogP contribution is 2.46. The van der Waals surface area contributed by atoms with Gasteiger partial charge in [0, 0.05) is 23.6 Å². The molecule has 2 aromatic carbocycles. The second kappa shape index (κ2) is 10.4. The molecule has 0 radical (unpaired) electrons. The predicted molar refractivity (Wildman–Crippen MR) is 133 cm³/mol. The second-order valence-electron chi connectivity index (χ2n) is 8.68. The van der Waals surface area contributed by atoms with Gasteiger partial charge in [-0.2, -0.15) is 5.10 Å². The quantitative estimate of drug-likeness (QED) is 0.291. The Morgan fingerprint density at radius 1 is 1.26 bits per heavy atom. The SMILES string of the molecule is CNC1(c2cc(F)cc(-n3cc(C4CC4)cn3)c2)CC1.O=CC(=O)NCc1ccccc1C=S. The zero-order chi connectivity index (χ0) is 24.1. The van der Waals surface area contributed by atoms with Crippen LogP contribution in [0.2, 0.25) is 0 Å². The molecular formula is C26H27FN4O2S. The van der Waals surface area contributed by atoms with E-state index in [0.29, 0.717) is 12.5 Å². The van der Waals surface area contributed by atoms with Crippen LogP contribution in [0.1, 0.15) is 53.9 Å². The van der Waals surface area contributed by atoms with Crippen LogP contribution in [0.25, 0.3) is 5.69 Å². The minimum atomic E-state index is -0.621. The van der Waals surface area contributed by atoms with Crippen molar-refractivity contribution in [1.82, 2.24) is 20.4 Å². The maximum absolute atomic E-state index is 13.9. The third-order valence-electron chi connectivity index (χ3n) is 6.32. The van der Waals surface area contributed by atoms with Crippen molar-refractivity contribution in [2.24, 2.45) is 0 Å². The first-order valence-electron chi connectivity index (χ1n) is 11.3. The van der Waals surface area contributed by atoms with Crippen LogP contribution in [-0.2, 0) is 21.7 Å². The maximum atomic E-state index is 13.9. The van der Waals surface area contributed by atoms with Gasteiger partial charge in [-0.1, -0.05) is 36.5 Å². The number of hydrogen-bond donors (Lipinski definition) is 2. The number of carbonyl (C=O) groups is 2. The first-order valence-corrected chi connectivity index (χ1v) is 11.8. The summed E-state index contributed by atoms with van der Waals surface area (Å²) < 4.78 is 15.7. The van der Waals surface area contributed by atoms with Gasteiger partial charge < -0.3 is 10.6 Å². The molecule has 176 valence electrons. The van der Waals surface area contributed by atoms with Crippen LogP contribution in [-0.4, -0.2) is 34.4 Å². The number of rotatable bonds is 8. The second-order valence-corrected chi connectivity index (χ2v) is 8.91. The monoisotopic (exact) mass is 478 g/mol. The Kier molecular flexibility index (Phi) is 7.29. The van der Waals surface area contributed by atoms with Crippen molar-refractivity contribution in [3.05, 3.63) is 82.9 Å². The van der Waals surface area contributed by atoms with Gasteiger partial charge in [0.05, 0.1) is 11.9 Å². The lowest BCUT2D eigenvalue weighted by molar-refractivity contribution is -0.131. The van der Waals surface area contributed by atoms with E-state index in [1.54, 1.807) is 22.2 Å². The van der Waals surface area contributed by atoms with Crippen LogP contribution in [0.4, 0.5) is 4.39 Å². The van der Waals surface area contributed by atoms with Crippen LogP contribution in [0.3, 0.4) is 0 Å². The molecule has 2 aliphatic carbocycles. The molecule has 0 bridgehead atoms. The molecule has 2 aliphatic rings. The van der Waals surface area contributed by atoms with E-state index in [1.807, 2.05) is 43.7 Å². The first-order chi connectivity index (χ1) is 16.5. The molecule has 6 nitrogen and oxygen atoms in total. The van der Waals surface area contributed by atoms with Gasteiger partial charge >= 0.3 is 0 Å². The van der Waals surface area contributed by atoms with Gasteiger partial charge in [0.2, 0.25) is 6.29 Å². The molecule has 0 unspecified atom stereocenters. The Balaban J connectivity index is 0.000000173. The number of amides is 1. The molecule has 2 fully saturated rings. The van der Waals surface area contributed by atoms with Crippen molar-refractivity contribution in [1.29, 1.82) is 0 Å². The van der Waals surface area contributed by atoms with E-state index in [4.69, 9.17) is 12.2 Å². The predicted octanol–water partition coefficient (Wildman–Crippen LogP) is 3.95. The van der Waals surface area contributed by atoms with Crippen molar-refractivity contribution in [3.63, 3.8) is 0 Å². The molecule has 2 saturated carbocycles. The third-order valence-corrected chi connectivity index (χ3v) is 6.58. The van der Waals surface area contributed by atoms with Gasteiger partial charge in [-0.3, -0.25) is 9.59 Å². The summed E-state index contributed by atoms with van der Waals surface area (Å²) in [7, 11) is 1.94. The molecule has 8 heteroatoms. The van der Waals surface area contributed by atoms with Crippen LogP contribution >= 0.6 is 12.2 Å². The largest absolute Gasteiger partial charge is 0.346 e. The average molecular weight is 479 g/mol. The normalized spacial score (nSPS) is 15.6. The first kappa shape index (κ1) is 23.9. The highest BCUT2D eigenvalue weighted by molar-refractivity contribution is 7.79. The zero-order valence-corrected chi connectivity index (χ0v) is 19.8. The molecular weight excluding hydrogens is 451 g/mol. The van der Waals surface area contributed by atoms with E-state index in [2.05, 4.69) is 21.8 Å². The molecule has 0 aliphatic heterocycles. The molecule has 34 heavy (non-hydrogen) atoms. The lowest BCUT2D eigenvalue weighted by atomic mass is 10.0. The van der Waals surface area contributed by atoms with Gasteiger partial charge in [0.25, 0.3) is 5.91 Å². The Labute approximate surface area is 203 Å². The molecule has 1 aromatic heterocycles. The van der Waals surface area contributed by atoms with E-state index < -0.39 is 5.91 Å². The van der Waals surface area contributed by atoms with E-state index in [1.165, 1.54) is 18.4 Å². The Morgan fingerprint density at radius 2 is 2.03 bits per heavy atom. The van der Waals surface area contributed by atoms with Gasteiger partial charge in [0.1, 0.15) is 5.82 Å². The van der Waals surface area contributed by atoms with Crippen LogP contribution < -0.4 is 10.6 Å². The smallest absolute Gasteiger partial charge is 0.284 e. The summed E-state index contributed by atoms with van der Waals surface area (Å²) in [6, 6.07) is 12.7. The molecule has 1 amide bonds. The van der Waals surface area contributed by atoms with E-state index in [9.17, 15) is 14.0 Å². The molecule has 2 N–H and O–H groups in total. The number of nitrogens with zero attached hydrogens (tertiary/aromatic N) is 2. The van der Waals surface area contributed by atoms with Crippen molar-refractivity contribution >= 4 is 29.8 Å². The lowest BCUT2D eigenvalue weighted by Gasteiger charge is -2.16. The van der Waals surface area contributed by atoms with Crippen molar-refractivity contribution in [3.8, 4) is 5.69 Å². The fourth-order valence-corrected chi connectivity index (χ4v) is 4.16. The average Bonchev–Trinajstić information content (AvgIpc) is 3.81. The minimum absolute atomic E-state index is 0.0245. The summed E-state index contributed by atoms with van der Waals surface area (Å²) in [5, 5.41) is 11.7. The van der Waals surface area contributed by atoms with Crippen molar-refractivity contribution in [2.45, 2.75) is 43.7 Å². The fraction of sp³-hybridized carbons (Fsp3) is 0.308. The molecule has 0 spiro atoms. The van der Waals surface area contributed by atoms with Crippen LogP contribution in [0, 0.1) is 5.82 Å². The molecule has 5 rings (SSSR count). The molecule has 0 atom stereocenters. The van der Waals surface area contributed by atoms with Gasteiger partial charge in [0.15, 0.2) is 0 Å². The van der Waals surface area contributed by atoms with E-state index in [-0.39, 0.29) is 17.6 Å². The molecule has 0 saturated heterocycles. The lowest BCUT2D eigenvalue weighted by Crippen LogP contribution is -2.24. The minimum Gasteiger partial charge on any atom is -0.346 e. The highest BCUT2D eigenvalue weighted by Gasteiger charge is 2.43. The Morgan fingerprint density at radius 3 is 2.68 bits per heavy atom. The summed E-state index contributed by atoms with van der Waals surface area (Å²) in [6.45, 7) is 0.320. The Hall–Kier alpha value is -3.23. The molecule has 1 heterocycles.